The molecular weight excluding hydrogens is 477 g/mol. The van der Waals surface area contributed by atoms with Crippen LogP contribution in [0.4, 0.5) is 0 Å². The van der Waals surface area contributed by atoms with Gasteiger partial charge in [-0.25, -0.2) is 4.98 Å². The largest absolute Gasteiger partial charge is 0.489 e. The fourth-order valence-electron chi connectivity index (χ4n) is 2.98. The van der Waals surface area contributed by atoms with Crippen molar-refractivity contribution in [1.29, 1.82) is 0 Å². The van der Waals surface area contributed by atoms with Crippen LogP contribution in [0, 0.1) is 0 Å². The Bertz CT molecular complexity index is 938. The molecule has 0 aliphatic heterocycles. The first-order valence-corrected chi connectivity index (χ1v) is 9.48. The van der Waals surface area contributed by atoms with E-state index >= 15 is 0 Å². The molecule has 29 heavy (non-hydrogen) atoms. The topological polar surface area (TPSA) is 63.5 Å². The average molecular weight is 505 g/mol. The lowest BCUT2D eigenvalue weighted by molar-refractivity contribution is 0.358. The van der Waals surface area contributed by atoms with Gasteiger partial charge in [0.05, 0.1) is 17.4 Å². The summed E-state index contributed by atoms with van der Waals surface area (Å²) >= 11 is 0. The fourth-order valence-corrected chi connectivity index (χ4v) is 2.98. The normalized spacial score (nSPS) is 11.0. The Kier molecular flexibility index (Phi) is 9.49. The molecule has 0 aliphatic carbocycles. The number of hydrogen-bond donors (Lipinski definition) is 2. The van der Waals surface area contributed by atoms with Gasteiger partial charge in [-0.05, 0) is 24.6 Å². The van der Waals surface area contributed by atoms with Gasteiger partial charge in [0.25, 0.3) is 0 Å². The minimum atomic E-state index is 0. The smallest absolute Gasteiger partial charge is 0.191 e. The van der Waals surface area contributed by atoms with Crippen molar-refractivity contribution in [2.24, 2.45) is 4.99 Å². The number of nitrogens with zero attached hydrogens (tertiary/aromatic N) is 3. The molecule has 2 N–H and O–H groups in total. The van der Waals surface area contributed by atoms with E-state index in [1.54, 1.807) is 13.1 Å². The standard InChI is InChI=1S/C22H27N5O.HI/c1-3-15-28-21-12-7-4-9-18(21)16-25-22(23-2)24-13-8-14-27-17-26-19-10-5-6-11-20(19)27;/h3-7,9-12,17H,1,8,13-16H2,2H3,(H2,23,24,25);1H. The van der Waals surface area contributed by atoms with Crippen LogP contribution in [-0.2, 0) is 13.1 Å². The van der Waals surface area contributed by atoms with Crippen molar-refractivity contribution >= 4 is 41.0 Å². The molecule has 0 amide bonds. The van der Waals surface area contributed by atoms with Gasteiger partial charge < -0.3 is 19.9 Å². The highest BCUT2D eigenvalue weighted by Crippen LogP contribution is 2.17. The van der Waals surface area contributed by atoms with Gasteiger partial charge in [-0.15, -0.1) is 24.0 Å². The first kappa shape index (κ1) is 22.7. The molecule has 0 fully saturated rings. The summed E-state index contributed by atoms with van der Waals surface area (Å²) in [5, 5.41) is 6.70. The molecular formula is C22H28IN5O. The van der Waals surface area contributed by atoms with E-state index in [0.29, 0.717) is 13.2 Å². The predicted octanol–water partition coefficient (Wildman–Crippen LogP) is 3.97. The highest BCUT2D eigenvalue weighted by Gasteiger charge is 2.05. The van der Waals surface area contributed by atoms with E-state index in [4.69, 9.17) is 4.74 Å². The number of fused-ring (bicyclic) bond motifs is 1. The number of imidazole rings is 1. The van der Waals surface area contributed by atoms with Crippen LogP contribution in [0.15, 0.2) is 72.5 Å². The maximum Gasteiger partial charge on any atom is 0.191 e. The van der Waals surface area contributed by atoms with Crippen molar-refractivity contribution in [2.45, 2.75) is 19.5 Å². The Balaban J connectivity index is 0.00000300. The minimum Gasteiger partial charge on any atom is -0.489 e. The quantitative estimate of drug-likeness (QED) is 0.152. The third-order valence-electron chi connectivity index (χ3n) is 4.39. The number of ether oxygens (including phenoxy) is 1. The molecule has 0 atom stereocenters. The second-order valence-electron chi connectivity index (χ2n) is 6.34. The lowest BCUT2D eigenvalue weighted by atomic mass is 10.2. The van der Waals surface area contributed by atoms with Gasteiger partial charge in [-0.1, -0.05) is 43.0 Å². The van der Waals surface area contributed by atoms with E-state index in [1.165, 1.54) is 5.52 Å². The summed E-state index contributed by atoms with van der Waals surface area (Å²) in [7, 11) is 1.78. The summed E-state index contributed by atoms with van der Waals surface area (Å²) < 4.78 is 7.88. The molecule has 1 aromatic heterocycles. The Hall–Kier alpha value is -2.55. The third kappa shape index (κ3) is 6.49. The molecule has 154 valence electrons. The molecule has 2 aromatic carbocycles. The second-order valence-corrected chi connectivity index (χ2v) is 6.34. The summed E-state index contributed by atoms with van der Waals surface area (Å²) in [6, 6.07) is 16.2. The zero-order chi connectivity index (χ0) is 19.6. The van der Waals surface area contributed by atoms with Crippen LogP contribution in [0.2, 0.25) is 0 Å². The van der Waals surface area contributed by atoms with Crippen molar-refractivity contribution in [2.75, 3.05) is 20.2 Å². The summed E-state index contributed by atoms with van der Waals surface area (Å²) in [4.78, 5) is 8.73. The molecule has 3 aromatic rings. The van der Waals surface area contributed by atoms with Gasteiger partial charge in [-0.2, -0.15) is 0 Å². The summed E-state index contributed by atoms with van der Waals surface area (Å²) in [6.45, 7) is 6.55. The molecule has 6 nitrogen and oxygen atoms in total. The second kappa shape index (κ2) is 12.1. The first-order chi connectivity index (χ1) is 13.8. The van der Waals surface area contributed by atoms with Crippen LogP contribution in [0.3, 0.4) is 0 Å². The first-order valence-electron chi connectivity index (χ1n) is 9.48. The number of aryl methyl sites for hydroxylation is 1. The molecule has 0 unspecified atom stereocenters. The zero-order valence-electron chi connectivity index (χ0n) is 16.7. The third-order valence-corrected chi connectivity index (χ3v) is 4.39. The molecule has 0 aliphatic rings. The highest BCUT2D eigenvalue weighted by molar-refractivity contribution is 14.0. The number of rotatable bonds is 9. The van der Waals surface area contributed by atoms with Crippen LogP contribution in [0.1, 0.15) is 12.0 Å². The highest BCUT2D eigenvalue weighted by atomic mass is 127. The van der Waals surface area contributed by atoms with Gasteiger partial charge in [0.15, 0.2) is 5.96 Å². The molecule has 0 bridgehead atoms. The van der Waals surface area contributed by atoms with E-state index in [2.05, 4.69) is 37.8 Å². The number of benzene rings is 2. The monoisotopic (exact) mass is 505 g/mol. The van der Waals surface area contributed by atoms with Gasteiger partial charge in [-0.3, -0.25) is 4.99 Å². The number of nitrogens with one attached hydrogen (secondary N) is 2. The number of guanidine groups is 1. The molecule has 0 saturated carbocycles. The van der Waals surface area contributed by atoms with Crippen LogP contribution in [0.25, 0.3) is 11.0 Å². The van der Waals surface area contributed by atoms with Gasteiger partial charge in [0.2, 0.25) is 0 Å². The molecule has 0 radical (unpaired) electrons. The molecule has 1 heterocycles. The Morgan fingerprint density at radius 2 is 1.97 bits per heavy atom. The number of aromatic nitrogens is 2. The maximum absolute atomic E-state index is 5.70. The summed E-state index contributed by atoms with van der Waals surface area (Å²) in [6.07, 6.45) is 4.62. The lowest BCUT2D eigenvalue weighted by Crippen LogP contribution is -2.37. The maximum atomic E-state index is 5.70. The Morgan fingerprint density at radius 3 is 2.79 bits per heavy atom. The Labute approximate surface area is 189 Å². The lowest BCUT2D eigenvalue weighted by Gasteiger charge is -2.14. The van der Waals surface area contributed by atoms with Crippen LogP contribution in [-0.4, -0.2) is 35.7 Å². The number of halogens is 1. The number of para-hydroxylation sites is 3. The minimum absolute atomic E-state index is 0. The van der Waals surface area contributed by atoms with Crippen molar-refractivity contribution in [3.63, 3.8) is 0 Å². The summed E-state index contributed by atoms with van der Waals surface area (Å²) in [5.41, 5.74) is 3.28. The fraction of sp³-hybridized carbons (Fsp3) is 0.273. The SMILES string of the molecule is C=CCOc1ccccc1CNC(=NC)NCCCn1cnc2ccccc21.I. The van der Waals surface area contributed by atoms with E-state index in [9.17, 15) is 0 Å². The number of hydrogen-bond acceptors (Lipinski definition) is 3. The zero-order valence-corrected chi connectivity index (χ0v) is 19.0. The van der Waals surface area contributed by atoms with E-state index in [-0.39, 0.29) is 24.0 Å². The molecule has 0 saturated heterocycles. The van der Waals surface area contributed by atoms with E-state index in [1.807, 2.05) is 48.8 Å². The molecule has 7 heteroatoms. The van der Waals surface area contributed by atoms with Gasteiger partial charge in [0.1, 0.15) is 12.4 Å². The van der Waals surface area contributed by atoms with Crippen LogP contribution >= 0.6 is 24.0 Å². The van der Waals surface area contributed by atoms with Crippen molar-refractivity contribution in [3.05, 3.63) is 73.1 Å². The van der Waals surface area contributed by atoms with Gasteiger partial charge >= 0.3 is 0 Å². The Morgan fingerprint density at radius 1 is 1.17 bits per heavy atom. The molecule has 0 spiro atoms. The summed E-state index contributed by atoms with van der Waals surface area (Å²) in [5.74, 6) is 1.63. The van der Waals surface area contributed by atoms with Gasteiger partial charge in [0, 0.05) is 32.2 Å². The van der Waals surface area contributed by atoms with Crippen LogP contribution < -0.4 is 15.4 Å². The predicted molar refractivity (Wildman–Crippen MR) is 130 cm³/mol. The number of aliphatic imine (C=N–C) groups is 1. The van der Waals surface area contributed by atoms with Crippen molar-refractivity contribution in [3.8, 4) is 5.75 Å². The average Bonchev–Trinajstić information content (AvgIpc) is 3.15. The van der Waals surface area contributed by atoms with E-state index < -0.39 is 0 Å². The van der Waals surface area contributed by atoms with Crippen molar-refractivity contribution < 1.29 is 4.74 Å². The van der Waals surface area contributed by atoms with Crippen molar-refractivity contribution in [1.82, 2.24) is 20.2 Å². The van der Waals surface area contributed by atoms with Crippen LogP contribution in [0.5, 0.6) is 5.75 Å². The van der Waals surface area contributed by atoms with E-state index in [0.717, 1.165) is 42.3 Å². The molecule has 3 rings (SSSR count).